The van der Waals surface area contributed by atoms with Gasteiger partial charge in [-0.3, -0.25) is 9.59 Å². The van der Waals surface area contributed by atoms with Gasteiger partial charge >= 0.3 is 0 Å². The molecule has 1 aliphatic rings. The highest BCUT2D eigenvalue weighted by molar-refractivity contribution is 6.23. The third kappa shape index (κ3) is 6.62. The van der Waals surface area contributed by atoms with E-state index in [1.807, 2.05) is 0 Å². The predicted molar refractivity (Wildman–Crippen MR) is 105 cm³/mol. The van der Waals surface area contributed by atoms with Crippen LogP contribution in [-0.2, 0) is 19.1 Å². The maximum absolute atomic E-state index is 12.5. The molecule has 0 saturated heterocycles. The molecule has 0 spiro atoms. The van der Waals surface area contributed by atoms with E-state index in [0.29, 0.717) is 17.6 Å². The molecule has 0 radical (unpaired) electrons. The van der Waals surface area contributed by atoms with Crippen LogP contribution in [0.4, 0.5) is 0 Å². The van der Waals surface area contributed by atoms with Gasteiger partial charge in [0.25, 0.3) is 0 Å². The van der Waals surface area contributed by atoms with Crippen molar-refractivity contribution in [3.05, 3.63) is 22.7 Å². The SMILES string of the molecule is CCCCCCCCCCCCCC1=C(OC)C(=O)C(C)=C(OC)C1=O. The van der Waals surface area contributed by atoms with Crippen molar-refractivity contribution < 1.29 is 19.1 Å². The number of carbonyl (C=O) groups excluding carboxylic acids is 2. The predicted octanol–water partition coefficient (Wildman–Crippen LogP) is 5.66. The van der Waals surface area contributed by atoms with E-state index in [1.165, 1.54) is 72.0 Å². The monoisotopic (exact) mass is 364 g/mol. The van der Waals surface area contributed by atoms with Gasteiger partial charge in [-0.25, -0.2) is 0 Å². The maximum atomic E-state index is 12.5. The van der Waals surface area contributed by atoms with Crippen LogP contribution in [0.1, 0.15) is 90.9 Å². The lowest BCUT2D eigenvalue weighted by atomic mass is 9.90. The van der Waals surface area contributed by atoms with Gasteiger partial charge in [-0.2, -0.15) is 0 Å². The van der Waals surface area contributed by atoms with E-state index < -0.39 is 0 Å². The molecule has 0 aromatic rings. The lowest BCUT2D eigenvalue weighted by Crippen LogP contribution is -2.25. The van der Waals surface area contributed by atoms with Crippen LogP contribution in [0.3, 0.4) is 0 Å². The number of allylic oxidation sites excluding steroid dienone is 2. The summed E-state index contributed by atoms with van der Waals surface area (Å²) in [5.41, 5.74) is 0.799. The van der Waals surface area contributed by atoms with E-state index in [1.54, 1.807) is 6.92 Å². The molecule has 26 heavy (non-hydrogen) atoms. The molecule has 0 saturated carbocycles. The number of unbranched alkanes of at least 4 members (excludes halogenated alkanes) is 10. The maximum Gasteiger partial charge on any atom is 0.227 e. The van der Waals surface area contributed by atoms with Crippen LogP contribution < -0.4 is 0 Å². The van der Waals surface area contributed by atoms with Crippen molar-refractivity contribution in [3.63, 3.8) is 0 Å². The molecule has 0 atom stereocenters. The summed E-state index contributed by atoms with van der Waals surface area (Å²) in [6.07, 6.45) is 14.4. The highest BCUT2D eigenvalue weighted by Crippen LogP contribution is 2.28. The fourth-order valence-electron chi connectivity index (χ4n) is 3.48. The molecule has 0 heterocycles. The molecule has 0 fully saturated rings. The summed E-state index contributed by atoms with van der Waals surface area (Å²) in [6, 6.07) is 0. The fourth-order valence-corrected chi connectivity index (χ4v) is 3.48. The largest absolute Gasteiger partial charge is 0.492 e. The summed E-state index contributed by atoms with van der Waals surface area (Å²) in [7, 11) is 2.88. The van der Waals surface area contributed by atoms with E-state index in [4.69, 9.17) is 9.47 Å². The number of ether oxygens (including phenoxy) is 2. The molecular formula is C22H36O4. The Morgan fingerprint density at radius 1 is 0.654 bits per heavy atom. The number of hydrogen-bond donors (Lipinski definition) is 0. The first-order chi connectivity index (χ1) is 12.6. The van der Waals surface area contributed by atoms with Gasteiger partial charge in [-0.05, 0) is 19.8 Å². The Morgan fingerprint density at radius 3 is 1.58 bits per heavy atom. The van der Waals surface area contributed by atoms with Gasteiger partial charge < -0.3 is 9.47 Å². The van der Waals surface area contributed by atoms with Crippen molar-refractivity contribution in [2.45, 2.75) is 90.9 Å². The zero-order valence-corrected chi connectivity index (χ0v) is 17.1. The second kappa shape index (κ2) is 12.7. The summed E-state index contributed by atoms with van der Waals surface area (Å²) in [5.74, 6) is -0.0789. The molecule has 1 aliphatic carbocycles. The molecule has 0 bridgehead atoms. The third-order valence-electron chi connectivity index (χ3n) is 5.08. The van der Waals surface area contributed by atoms with Crippen molar-refractivity contribution in [2.75, 3.05) is 14.2 Å². The first-order valence-electron chi connectivity index (χ1n) is 10.2. The fraction of sp³-hybridized carbons (Fsp3) is 0.727. The highest BCUT2D eigenvalue weighted by Gasteiger charge is 2.33. The van der Waals surface area contributed by atoms with Crippen molar-refractivity contribution in [2.24, 2.45) is 0 Å². The van der Waals surface area contributed by atoms with Gasteiger partial charge in [-0.15, -0.1) is 0 Å². The third-order valence-corrected chi connectivity index (χ3v) is 5.08. The number of carbonyl (C=O) groups is 2. The average molecular weight is 365 g/mol. The minimum absolute atomic E-state index is 0.161. The van der Waals surface area contributed by atoms with Crippen LogP contribution in [0.25, 0.3) is 0 Å². The Kier molecular flexibility index (Phi) is 11.0. The Hall–Kier alpha value is -1.58. The van der Waals surface area contributed by atoms with Crippen LogP contribution in [0, 0.1) is 0 Å². The Bertz CT molecular complexity index is 528. The van der Waals surface area contributed by atoms with Crippen molar-refractivity contribution >= 4 is 11.6 Å². The minimum Gasteiger partial charge on any atom is -0.492 e. The van der Waals surface area contributed by atoms with Crippen LogP contribution in [0.5, 0.6) is 0 Å². The summed E-state index contributed by atoms with van der Waals surface area (Å²) in [6.45, 7) is 3.85. The topological polar surface area (TPSA) is 52.6 Å². The van der Waals surface area contributed by atoms with E-state index >= 15 is 0 Å². The van der Waals surface area contributed by atoms with Gasteiger partial charge in [0.2, 0.25) is 11.6 Å². The normalized spacial score (nSPS) is 15.1. The number of methoxy groups -OCH3 is 2. The standard InChI is InChI=1S/C22H36O4/c1-5-6-7-8-9-10-11-12-13-14-15-16-18-20(24)21(25-3)17(2)19(23)22(18)26-4/h5-16H2,1-4H3. The molecule has 0 amide bonds. The molecule has 0 aliphatic heterocycles. The molecule has 0 aromatic carbocycles. The summed E-state index contributed by atoms with van der Waals surface area (Å²) in [4.78, 5) is 24.8. The van der Waals surface area contributed by atoms with Gasteiger partial charge in [0, 0.05) is 11.1 Å². The molecule has 4 heteroatoms. The lowest BCUT2D eigenvalue weighted by molar-refractivity contribution is -0.120. The molecule has 148 valence electrons. The van der Waals surface area contributed by atoms with E-state index in [2.05, 4.69) is 6.92 Å². The van der Waals surface area contributed by atoms with Crippen LogP contribution in [0.2, 0.25) is 0 Å². The number of rotatable bonds is 14. The second-order valence-electron chi connectivity index (χ2n) is 7.11. The average Bonchev–Trinajstić information content (AvgIpc) is 2.64. The second-order valence-corrected chi connectivity index (χ2v) is 7.11. The number of Topliss-reactive ketones (excluding diaryl/α,β-unsaturated/α-hetero) is 2. The number of hydrogen-bond acceptors (Lipinski definition) is 4. The Morgan fingerprint density at radius 2 is 1.12 bits per heavy atom. The van der Waals surface area contributed by atoms with Crippen molar-refractivity contribution in [1.82, 2.24) is 0 Å². The Balaban J connectivity index is 2.30. The van der Waals surface area contributed by atoms with Gasteiger partial charge in [0.15, 0.2) is 11.5 Å². The first kappa shape index (κ1) is 22.5. The van der Waals surface area contributed by atoms with E-state index in [0.717, 1.165) is 12.8 Å². The zero-order chi connectivity index (χ0) is 19.4. The van der Waals surface area contributed by atoms with Gasteiger partial charge in [0.1, 0.15) is 0 Å². The van der Waals surface area contributed by atoms with Gasteiger partial charge in [0.05, 0.1) is 14.2 Å². The molecule has 1 rings (SSSR count). The van der Waals surface area contributed by atoms with Gasteiger partial charge in [-0.1, -0.05) is 71.1 Å². The molecule has 4 nitrogen and oxygen atoms in total. The van der Waals surface area contributed by atoms with E-state index in [9.17, 15) is 9.59 Å². The van der Waals surface area contributed by atoms with Crippen LogP contribution in [0.15, 0.2) is 22.7 Å². The van der Waals surface area contributed by atoms with Crippen molar-refractivity contribution in [3.8, 4) is 0 Å². The lowest BCUT2D eigenvalue weighted by Gasteiger charge is -2.20. The van der Waals surface area contributed by atoms with E-state index in [-0.39, 0.29) is 23.1 Å². The minimum atomic E-state index is -0.234. The first-order valence-corrected chi connectivity index (χ1v) is 10.2. The summed E-state index contributed by atoms with van der Waals surface area (Å²) >= 11 is 0. The molecule has 0 unspecified atom stereocenters. The zero-order valence-electron chi connectivity index (χ0n) is 17.1. The summed E-state index contributed by atoms with van der Waals surface area (Å²) in [5, 5.41) is 0. The molecular weight excluding hydrogens is 328 g/mol. The van der Waals surface area contributed by atoms with Crippen molar-refractivity contribution in [1.29, 1.82) is 0 Å². The molecule has 0 aromatic heterocycles. The Labute approximate surface area is 159 Å². The quantitative estimate of drug-likeness (QED) is 0.295. The molecule has 0 N–H and O–H groups in total. The highest BCUT2D eigenvalue weighted by atomic mass is 16.5. The smallest absolute Gasteiger partial charge is 0.227 e. The summed E-state index contributed by atoms with van der Waals surface area (Å²) < 4.78 is 10.4. The van der Waals surface area contributed by atoms with Crippen LogP contribution in [-0.4, -0.2) is 25.8 Å². The number of ketones is 2. The van der Waals surface area contributed by atoms with Crippen LogP contribution >= 0.6 is 0 Å².